The Morgan fingerprint density at radius 1 is 1.59 bits per heavy atom. The molecule has 1 aromatic carbocycles. The molecule has 2 rings (SSSR count). The van der Waals surface area contributed by atoms with Gasteiger partial charge < -0.3 is 11.1 Å². The second-order valence-electron chi connectivity index (χ2n) is 4.91. The molecule has 17 heavy (non-hydrogen) atoms. The van der Waals surface area contributed by atoms with Crippen LogP contribution in [-0.2, 0) is 0 Å². The number of halogens is 2. The van der Waals surface area contributed by atoms with Gasteiger partial charge in [0.05, 0.1) is 10.0 Å². The second kappa shape index (κ2) is 4.94. The number of nitrogens with two attached hydrogens (primary N) is 1. The molecule has 2 atom stereocenters. The first-order valence-electron chi connectivity index (χ1n) is 6.01. The maximum absolute atomic E-state index is 13.2. The van der Waals surface area contributed by atoms with Gasteiger partial charge in [-0.25, -0.2) is 4.39 Å². The first kappa shape index (κ1) is 12.8. The van der Waals surface area contributed by atoms with Crippen LogP contribution >= 0.6 is 15.9 Å². The van der Waals surface area contributed by atoms with Gasteiger partial charge >= 0.3 is 0 Å². The van der Waals surface area contributed by atoms with E-state index in [1.165, 1.54) is 18.9 Å². The Kier molecular flexibility index (Phi) is 3.73. The van der Waals surface area contributed by atoms with Crippen molar-refractivity contribution in [3.63, 3.8) is 0 Å². The van der Waals surface area contributed by atoms with Gasteiger partial charge in [-0.3, -0.25) is 0 Å². The average molecular weight is 301 g/mol. The van der Waals surface area contributed by atoms with Crippen LogP contribution in [0.25, 0.3) is 0 Å². The molecule has 0 amide bonds. The van der Waals surface area contributed by atoms with Gasteiger partial charge in [0.2, 0.25) is 0 Å². The minimum Gasteiger partial charge on any atom is -0.378 e. The van der Waals surface area contributed by atoms with E-state index in [4.69, 9.17) is 5.73 Å². The van der Waals surface area contributed by atoms with Crippen LogP contribution in [0.3, 0.4) is 0 Å². The van der Waals surface area contributed by atoms with Crippen molar-refractivity contribution in [2.75, 3.05) is 11.9 Å². The average Bonchev–Trinajstić information content (AvgIpc) is 2.66. The summed E-state index contributed by atoms with van der Waals surface area (Å²) in [6.45, 7) is 2.84. The third kappa shape index (κ3) is 2.47. The summed E-state index contributed by atoms with van der Waals surface area (Å²) in [5.41, 5.74) is 6.82. The molecule has 0 bridgehead atoms. The van der Waals surface area contributed by atoms with E-state index < -0.39 is 0 Å². The van der Waals surface area contributed by atoms with Crippen molar-refractivity contribution in [2.24, 2.45) is 11.7 Å². The van der Waals surface area contributed by atoms with Gasteiger partial charge in [0.15, 0.2) is 0 Å². The number of nitrogens with one attached hydrogen (secondary N) is 1. The minimum absolute atomic E-state index is 0.0305. The standard InChI is InChI=1S/C13H18BrFN2/c1-9-3-2-6-13(9,8-16)17-10-4-5-12(15)11(14)7-10/h4-5,7,9,17H,2-3,6,8,16H2,1H3. The van der Waals surface area contributed by atoms with Crippen LogP contribution in [0.15, 0.2) is 22.7 Å². The largest absolute Gasteiger partial charge is 0.378 e. The summed E-state index contributed by atoms with van der Waals surface area (Å²) in [4.78, 5) is 0. The highest BCUT2D eigenvalue weighted by atomic mass is 79.9. The van der Waals surface area contributed by atoms with E-state index in [2.05, 4.69) is 28.2 Å². The number of rotatable bonds is 3. The van der Waals surface area contributed by atoms with Gasteiger partial charge in [-0.1, -0.05) is 13.3 Å². The van der Waals surface area contributed by atoms with E-state index in [1.807, 2.05) is 0 Å². The van der Waals surface area contributed by atoms with Gasteiger partial charge in [-0.15, -0.1) is 0 Å². The zero-order valence-corrected chi connectivity index (χ0v) is 11.6. The molecule has 0 saturated heterocycles. The molecular formula is C13H18BrFN2. The summed E-state index contributed by atoms with van der Waals surface area (Å²) in [6, 6.07) is 5.01. The van der Waals surface area contributed by atoms with E-state index in [1.54, 1.807) is 12.1 Å². The number of anilines is 1. The lowest BCUT2D eigenvalue weighted by Gasteiger charge is -2.35. The van der Waals surface area contributed by atoms with Crippen LogP contribution in [0.2, 0.25) is 0 Å². The molecule has 94 valence electrons. The van der Waals surface area contributed by atoms with Gasteiger partial charge in [0.25, 0.3) is 0 Å². The van der Waals surface area contributed by atoms with Crippen LogP contribution in [0.4, 0.5) is 10.1 Å². The predicted octanol–water partition coefficient (Wildman–Crippen LogP) is 3.52. The first-order valence-corrected chi connectivity index (χ1v) is 6.80. The Balaban J connectivity index is 2.21. The number of benzene rings is 1. The van der Waals surface area contributed by atoms with Gasteiger partial charge in [0, 0.05) is 12.2 Å². The van der Waals surface area contributed by atoms with Gasteiger partial charge in [0.1, 0.15) is 5.82 Å². The smallest absolute Gasteiger partial charge is 0.137 e. The van der Waals surface area contributed by atoms with Crippen molar-refractivity contribution >= 4 is 21.6 Å². The molecule has 3 N–H and O–H groups in total. The van der Waals surface area contributed by atoms with Crippen LogP contribution in [0, 0.1) is 11.7 Å². The van der Waals surface area contributed by atoms with Crippen molar-refractivity contribution in [3.8, 4) is 0 Å². The van der Waals surface area contributed by atoms with E-state index in [9.17, 15) is 4.39 Å². The van der Waals surface area contributed by atoms with Crippen LogP contribution in [0.5, 0.6) is 0 Å². The molecule has 0 aromatic heterocycles. The predicted molar refractivity (Wildman–Crippen MR) is 72.5 cm³/mol. The van der Waals surface area contributed by atoms with Crippen molar-refractivity contribution in [1.29, 1.82) is 0 Å². The normalized spacial score (nSPS) is 28.4. The number of hydrogen-bond donors (Lipinski definition) is 2. The Bertz CT molecular complexity index is 410. The van der Waals surface area contributed by atoms with Gasteiger partial charge in [-0.2, -0.15) is 0 Å². The fourth-order valence-corrected chi connectivity index (χ4v) is 3.03. The highest BCUT2D eigenvalue weighted by Crippen LogP contribution is 2.37. The summed E-state index contributed by atoms with van der Waals surface area (Å²) < 4.78 is 13.7. The lowest BCUT2D eigenvalue weighted by Crippen LogP contribution is -2.47. The Hall–Kier alpha value is -0.610. The third-order valence-corrected chi connectivity index (χ3v) is 4.49. The molecular weight excluding hydrogens is 283 g/mol. The van der Waals surface area contributed by atoms with Crippen LogP contribution in [-0.4, -0.2) is 12.1 Å². The fourth-order valence-electron chi connectivity index (χ4n) is 2.65. The van der Waals surface area contributed by atoms with Crippen molar-refractivity contribution < 1.29 is 4.39 Å². The Morgan fingerprint density at radius 2 is 2.35 bits per heavy atom. The fraction of sp³-hybridized carbons (Fsp3) is 0.538. The molecule has 1 fully saturated rings. The molecule has 1 saturated carbocycles. The highest BCUT2D eigenvalue weighted by Gasteiger charge is 2.38. The molecule has 0 radical (unpaired) electrons. The van der Waals surface area contributed by atoms with E-state index in [-0.39, 0.29) is 11.4 Å². The Labute approximate surface area is 110 Å². The molecule has 4 heteroatoms. The van der Waals surface area contributed by atoms with Crippen LogP contribution < -0.4 is 11.1 Å². The monoisotopic (exact) mass is 300 g/mol. The minimum atomic E-state index is -0.239. The quantitative estimate of drug-likeness (QED) is 0.896. The van der Waals surface area contributed by atoms with E-state index in [0.29, 0.717) is 16.9 Å². The van der Waals surface area contributed by atoms with E-state index >= 15 is 0 Å². The van der Waals surface area contributed by atoms with E-state index in [0.717, 1.165) is 12.1 Å². The molecule has 1 aliphatic carbocycles. The molecule has 0 spiro atoms. The van der Waals surface area contributed by atoms with Gasteiger partial charge in [-0.05, 0) is 52.9 Å². The zero-order chi connectivity index (χ0) is 12.5. The summed E-state index contributed by atoms with van der Waals surface area (Å²) in [5, 5.41) is 3.50. The summed E-state index contributed by atoms with van der Waals surface area (Å²) >= 11 is 3.20. The summed E-state index contributed by atoms with van der Waals surface area (Å²) in [6.07, 6.45) is 3.49. The highest BCUT2D eigenvalue weighted by molar-refractivity contribution is 9.10. The molecule has 0 heterocycles. The maximum atomic E-state index is 13.2. The third-order valence-electron chi connectivity index (χ3n) is 3.88. The van der Waals surface area contributed by atoms with Crippen molar-refractivity contribution in [1.82, 2.24) is 0 Å². The van der Waals surface area contributed by atoms with Crippen LogP contribution in [0.1, 0.15) is 26.2 Å². The lowest BCUT2D eigenvalue weighted by molar-refractivity contribution is 0.382. The summed E-state index contributed by atoms with van der Waals surface area (Å²) in [7, 11) is 0. The summed E-state index contributed by atoms with van der Waals surface area (Å²) in [5.74, 6) is 0.313. The molecule has 1 aromatic rings. The first-order chi connectivity index (χ1) is 8.07. The lowest BCUT2D eigenvalue weighted by atomic mass is 9.88. The topological polar surface area (TPSA) is 38.0 Å². The molecule has 2 unspecified atom stereocenters. The molecule has 2 nitrogen and oxygen atoms in total. The SMILES string of the molecule is CC1CCCC1(CN)Nc1ccc(F)c(Br)c1. The Morgan fingerprint density at radius 3 is 2.88 bits per heavy atom. The molecule has 1 aliphatic rings. The zero-order valence-electron chi connectivity index (χ0n) is 9.97. The van der Waals surface area contributed by atoms with Crippen molar-refractivity contribution in [3.05, 3.63) is 28.5 Å². The number of hydrogen-bond acceptors (Lipinski definition) is 2. The van der Waals surface area contributed by atoms with Crippen molar-refractivity contribution in [2.45, 2.75) is 31.7 Å². The maximum Gasteiger partial charge on any atom is 0.137 e. The molecule has 0 aliphatic heterocycles. The second-order valence-corrected chi connectivity index (χ2v) is 5.76.